The Kier molecular flexibility index (Phi) is 3.64. The van der Waals surface area contributed by atoms with Gasteiger partial charge in [-0.2, -0.15) is 0 Å². The molecule has 0 bridgehead atoms. The summed E-state index contributed by atoms with van der Waals surface area (Å²) < 4.78 is 0. The Bertz CT molecular complexity index is 346. The molecule has 0 fully saturated rings. The predicted molar refractivity (Wildman–Crippen MR) is 53.2 cm³/mol. The zero-order valence-corrected chi connectivity index (χ0v) is 8.56. The number of carboxylic acids is 1. The van der Waals surface area contributed by atoms with Crippen molar-refractivity contribution >= 4 is 23.2 Å². The molecule has 1 aromatic rings. The molecule has 0 aromatic carbocycles. The first-order valence-corrected chi connectivity index (χ1v) is 4.93. The number of thiophene rings is 1. The van der Waals surface area contributed by atoms with Gasteiger partial charge in [-0.3, -0.25) is 9.59 Å². The highest BCUT2D eigenvalue weighted by Gasteiger charge is 2.06. The molecule has 0 aliphatic rings. The molecule has 5 heteroatoms. The number of carbonyl (C=O) groups is 2. The van der Waals surface area contributed by atoms with Crippen LogP contribution in [0.1, 0.15) is 16.2 Å². The first-order chi connectivity index (χ1) is 6.58. The quantitative estimate of drug-likeness (QED) is 0.737. The van der Waals surface area contributed by atoms with Gasteiger partial charge in [0.15, 0.2) is 0 Å². The molecule has 1 amide bonds. The Balaban J connectivity index is 2.34. The third kappa shape index (κ3) is 3.57. The second-order valence-corrected chi connectivity index (χ2v) is 4.23. The third-order valence-electron chi connectivity index (χ3n) is 1.57. The normalized spacial score (nSPS) is 9.79. The summed E-state index contributed by atoms with van der Waals surface area (Å²) in [5.74, 6) is -1.56. The van der Waals surface area contributed by atoms with E-state index in [-0.39, 0.29) is 0 Å². The summed E-state index contributed by atoms with van der Waals surface area (Å²) >= 11 is 1.59. The van der Waals surface area contributed by atoms with E-state index in [2.05, 4.69) is 5.32 Å². The monoisotopic (exact) mass is 213 g/mol. The van der Waals surface area contributed by atoms with Crippen LogP contribution in [0.5, 0.6) is 0 Å². The summed E-state index contributed by atoms with van der Waals surface area (Å²) in [4.78, 5) is 23.3. The third-order valence-corrected chi connectivity index (χ3v) is 2.57. The number of aryl methyl sites for hydroxylation is 1. The molecule has 0 aliphatic heterocycles. The molecule has 0 unspecified atom stereocenters. The minimum Gasteiger partial charge on any atom is -0.481 e. The molecule has 14 heavy (non-hydrogen) atoms. The zero-order valence-electron chi connectivity index (χ0n) is 7.74. The maximum absolute atomic E-state index is 10.9. The number of rotatable bonds is 4. The summed E-state index contributed by atoms with van der Waals surface area (Å²) in [6.45, 7) is 2.39. The fourth-order valence-electron chi connectivity index (χ4n) is 0.966. The van der Waals surface area contributed by atoms with Crippen LogP contribution in [-0.4, -0.2) is 17.0 Å². The lowest BCUT2D eigenvalue weighted by Gasteiger charge is -2.00. The molecule has 0 atom stereocenters. The van der Waals surface area contributed by atoms with E-state index in [1.54, 1.807) is 11.3 Å². The van der Waals surface area contributed by atoms with Crippen LogP contribution in [0.4, 0.5) is 0 Å². The molecule has 1 aromatic heterocycles. The number of carbonyl (C=O) groups excluding carboxylic acids is 1. The van der Waals surface area contributed by atoms with E-state index in [1.807, 2.05) is 19.1 Å². The Hall–Kier alpha value is -1.36. The molecule has 0 saturated carbocycles. The number of amides is 1. The molecule has 76 valence electrons. The van der Waals surface area contributed by atoms with E-state index in [0.717, 1.165) is 4.88 Å². The number of carboxylic acid groups (broad SMARTS) is 1. The van der Waals surface area contributed by atoms with Crippen molar-refractivity contribution in [2.24, 2.45) is 0 Å². The molecule has 0 saturated heterocycles. The first-order valence-electron chi connectivity index (χ1n) is 4.12. The van der Waals surface area contributed by atoms with E-state index in [1.165, 1.54) is 4.88 Å². The van der Waals surface area contributed by atoms with Gasteiger partial charge in [-0.15, -0.1) is 11.3 Å². The highest BCUT2D eigenvalue weighted by molar-refractivity contribution is 7.11. The van der Waals surface area contributed by atoms with Crippen LogP contribution in [0.25, 0.3) is 0 Å². The highest BCUT2D eigenvalue weighted by atomic mass is 32.1. The highest BCUT2D eigenvalue weighted by Crippen LogP contribution is 2.14. The molecular formula is C9H11NO3S. The van der Waals surface area contributed by atoms with Crippen molar-refractivity contribution in [3.63, 3.8) is 0 Å². The molecule has 0 aliphatic carbocycles. The zero-order chi connectivity index (χ0) is 10.6. The van der Waals surface area contributed by atoms with Crippen molar-refractivity contribution in [2.75, 3.05) is 0 Å². The second kappa shape index (κ2) is 4.76. The molecule has 0 radical (unpaired) electrons. The van der Waals surface area contributed by atoms with Gasteiger partial charge in [-0.25, -0.2) is 0 Å². The van der Waals surface area contributed by atoms with Crippen molar-refractivity contribution in [3.05, 3.63) is 21.9 Å². The average molecular weight is 213 g/mol. The van der Waals surface area contributed by atoms with E-state index < -0.39 is 18.3 Å². The van der Waals surface area contributed by atoms with Gasteiger partial charge in [0.25, 0.3) is 0 Å². The Morgan fingerprint density at radius 3 is 2.71 bits per heavy atom. The summed E-state index contributed by atoms with van der Waals surface area (Å²) in [5.41, 5.74) is 0. The number of hydrogen-bond acceptors (Lipinski definition) is 3. The van der Waals surface area contributed by atoms with Crippen molar-refractivity contribution in [3.8, 4) is 0 Å². The molecule has 1 rings (SSSR count). The van der Waals surface area contributed by atoms with E-state index in [0.29, 0.717) is 6.54 Å². The standard InChI is InChI=1S/C9H11NO3S/c1-6-2-3-7(14-6)5-10-8(11)4-9(12)13/h2-3H,4-5H2,1H3,(H,10,11)(H,12,13). The SMILES string of the molecule is Cc1ccc(CNC(=O)CC(=O)O)s1. The van der Waals surface area contributed by atoms with Crippen LogP contribution in [-0.2, 0) is 16.1 Å². The van der Waals surface area contributed by atoms with Gasteiger partial charge in [0.05, 0.1) is 6.54 Å². The minimum atomic E-state index is -1.11. The topological polar surface area (TPSA) is 66.4 Å². The van der Waals surface area contributed by atoms with Crippen molar-refractivity contribution < 1.29 is 14.7 Å². The second-order valence-electron chi connectivity index (χ2n) is 2.86. The molecular weight excluding hydrogens is 202 g/mol. The smallest absolute Gasteiger partial charge is 0.312 e. The van der Waals surface area contributed by atoms with Gasteiger partial charge in [0.2, 0.25) is 5.91 Å². The van der Waals surface area contributed by atoms with Crippen molar-refractivity contribution in [1.29, 1.82) is 0 Å². The van der Waals surface area contributed by atoms with Gasteiger partial charge < -0.3 is 10.4 Å². The largest absolute Gasteiger partial charge is 0.481 e. The van der Waals surface area contributed by atoms with Crippen LogP contribution in [0.3, 0.4) is 0 Å². The lowest BCUT2D eigenvalue weighted by Crippen LogP contribution is -2.24. The van der Waals surface area contributed by atoms with Gasteiger partial charge in [0.1, 0.15) is 6.42 Å². The number of nitrogens with one attached hydrogen (secondary N) is 1. The summed E-state index contributed by atoms with van der Waals surface area (Å²) in [6, 6.07) is 3.88. The van der Waals surface area contributed by atoms with Crippen molar-refractivity contribution in [1.82, 2.24) is 5.32 Å². The molecule has 2 N–H and O–H groups in total. The number of hydrogen-bond donors (Lipinski definition) is 2. The van der Waals surface area contributed by atoms with Crippen LogP contribution in [0, 0.1) is 6.92 Å². The predicted octanol–water partition coefficient (Wildman–Crippen LogP) is 1.15. The van der Waals surface area contributed by atoms with Crippen LogP contribution in [0.15, 0.2) is 12.1 Å². The van der Waals surface area contributed by atoms with Crippen LogP contribution >= 0.6 is 11.3 Å². The van der Waals surface area contributed by atoms with Crippen LogP contribution in [0.2, 0.25) is 0 Å². The fourth-order valence-corrected chi connectivity index (χ4v) is 1.80. The van der Waals surface area contributed by atoms with Gasteiger partial charge in [-0.05, 0) is 19.1 Å². The lowest BCUT2D eigenvalue weighted by molar-refractivity contribution is -0.140. The molecule has 1 heterocycles. The molecule has 0 spiro atoms. The Morgan fingerprint density at radius 2 is 2.21 bits per heavy atom. The number of aliphatic carboxylic acids is 1. The van der Waals surface area contributed by atoms with E-state index >= 15 is 0 Å². The van der Waals surface area contributed by atoms with Gasteiger partial charge in [0, 0.05) is 9.75 Å². The van der Waals surface area contributed by atoms with Crippen molar-refractivity contribution in [2.45, 2.75) is 19.9 Å². The Morgan fingerprint density at radius 1 is 1.50 bits per heavy atom. The van der Waals surface area contributed by atoms with Gasteiger partial charge >= 0.3 is 5.97 Å². The maximum atomic E-state index is 10.9. The summed E-state index contributed by atoms with van der Waals surface area (Å²) in [5, 5.41) is 10.9. The maximum Gasteiger partial charge on any atom is 0.312 e. The average Bonchev–Trinajstić information content (AvgIpc) is 2.47. The van der Waals surface area contributed by atoms with E-state index in [4.69, 9.17) is 5.11 Å². The van der Waals surface area contributed by atoms with E-state index in [9.17, 15) is 9.59 Å². The van der Waals surface area contributed by atoms with Crippen LogP contribution < -0.4 is 5.32 Å². The van der Waals surface area contributed by atoms with Gasteiger partial charge in [-0.1, -0.05) is 0 Å². The minimum absolute atomic E-state index is 0.407. The summed E-state index contributed by atoms with van der Waals surface area (Å²) in [6.07, 6.45) is -0.468. The Labute approximate surface area is 85.6 Å². The molecule has 4 nitrogen and oxygen atoms in total. The first kappa shape index (κ1) is 10.7. The lowest BCUT2D eigenvalue weighted by atomic mass is 10.4. The summed E-state index contributed by atoms with van der Waals surface area (Å²) in [7, 11) is 0. The fraction of sp³-hybridized carbons (Fsp3) is 0.333.